The minimum Gasteiger partial charge on any atom is -0.381 e. The molecule has 1 aromatic heterocycles. The van der Waals surface area contributed by atoms with Crippen molar-refractivity contribution in [1.82, 2.24) is 9.88 Å². The molecule has 1 N–H and O–H groups in total. The first-order valence-corrected chi connectivity index (χ1v) is 9.24. The van der Waals surface area contributed by atoms with E-state index in [0.29, 0.717) is 12.0 Å². The Morgan fingerprint density at radius 3 is 2.68 bits per heavy atom. The standard InChI is InChI=1S/C18H26N4O3/c23-18(22(16-2-3-16)12-14-5-8-25-13-14)20-15-1-4-17(19-11-15)21-6-9-24-10-7-21/h1,4,11,14,16H,2-3,5-10,12-13H2,(H,20,23)/t14-/m1/s1. The van der Waals surface area contributed by atoms with Crippen LogP contribution in [0.2, 0.25) is 0 Å². The Hall–Kier alpha value is -1.86. The summed E-state index contributed by atoms with van der Waals surface area (Å²) in [6, 6.07) is 4.27. The zero-order valence-electron chi connectivity index (χ0n) is 14.5. The molecule has 2 saturated heterocycles. The number of urea groups is 1. The lowest BCUT2D eigenvalue weighted by Crippen LogP contribution is -2.40. The maximum absolute atomic E-state index is 12.7. The number of amides is 2. The van der Waals surface area contributed by atoms with Crippen molar-refractivity contribution < 1.29 is 14.3 Å². The lowest BCUT2D eigenvalue weighted by molar-refractivity contribution is 0.122. The van der Waals surface area contributed by atoms with E-state index in [-0.39, 0.29) is 6.03 Å². The van der Waals surface area contributed by atoms with Gasteiger partial charge in [-0.2, -0.15) is 0 Å². The van der Waals surface area contributed by atoms with Crippen LogP contribution < -0.4 is 10.2 Å². The van der Waals surface area contributed by atoms with Gasteiger partial charge in [0.15, 0.2) is 0 Å². The Morgan fingerprint density at radius 2 is 2.04 bits per heavy atom. The summed E-state index contributed by atoms with van der Waals surface area (Å²) in [6.07, 6.45) is 5.00. The Morgan fingerprint density at radius 1 is 1.20 bits per heavy atom. The first kappa shape index (κ1) is 16.6. The van der Waals surface area contributed by atoms with Crippen LogP contribution in [0.3, 0.4) is 0 Å². The molecule has 25 heavy (non-hydrogen) atoms. The van der Waals surface area contributed by atoms with Crippen LogP contribution in [0.1, 0.15) is 19.3 Å². The smallest absolute Gasteiger partial charge is 0.322 e. The van der Waals surface area contributed by atoms with Crippen LogP contribution in [0, 0.1) is 5.92 Å². The van der Waals surface area contributed by atoms with E-state index in [1.165, 1.54) is 0 Å². The summed E-state index contributed by atoms with van der Waals surface area (Å²) in [5.74, 6) is 1.40. The number of hydrogen-bond donors (Lipinski definition) is 1. The number of carbonyl (C=O) groups is 1. The molecule has 0 radical (unpaired) electrons. The lowest BCUT2D eigenvalue weighted by atomic mass is 10.1. The van der Waals surface area contributed by atoms with E-state index in [4.69, 9.17) is 9.47 Å². The molecule has 1 saturated carbocycles. The number of rotatable bonds is 5. The van der Waals surface area contributed by atoms with E-state index in [0.717, 1.165) is 76.8 Å². The van der Waals surface area contributed by atoms with Gasteiger partial charge in [-0.25, -0.2) is 9.78 Å². The highest BCUT2D eigenvalue weighted by molar-refractivity contribution is 5.89. The molecular formula is C18H26N4O3. The van der Waals surface area contributed by atoms with Gasteiger partial charge < -0.3 is 24.6 Å². The number of aromatic nitrogens is 1. The molecule has 136 valence electrons. The predicted molar refractivity (Wildman–Crippen MR) is 94.9 cm³/mol. The van der Waals surface area contributed by atoms with Crippen molar-refractivity contribution in [3.63, 3.8) is 0 Å². The molecule has 4 rings (SSSR count). The molecule has 7 nitrogen and oxygen atoms in total. The molecule has 0 unspecified atom stereocenters. The van der Waals surface area contributed by atoms with Crippen LogP contribution in [0.5, 0.6) is 0 Å². The second-order valence-electron chi connectivity index (χ2n) is 7.05. The number of anilines is 2. The van der Waals surface area contributed by atoms with E-state index in [1.807, 2.05) is 17.0 Å². The van der Waals surface area contributed by atoms with Crippen molar-refractivity contribution in [2.75, 3.05) is 56.3 Å². The highest BCUT2D eigenvalue weighted by Gasteiger charge is 2.34. The van der Waals surface area contributed by atoms with Crippen molar-refractivity contribution in [2.45, 2.75) is 25.3 Å². The molecule has 0 bridgehead atoms. The van der Waals surface area contributed by atoms with Crippen LogP contribution in [0.15, 0.2) is 18.3 Å². The fourth-order valence-electron chi connectivity index (χ4n) is 3.42. The van der Waals surface area contributed by atoms with Gasteiger partial charge in [-0.05, 0) is 31.4 Å². The molecule has 1 atom stereocenters. The normalized spacial score (nSPS) is 23.5. The highest BCUT2D eigenvalue weighted by Crippen LogP contribution is 2.29. The molecular weight excluding hydrogens is 320 g/mol. The summed E-state index contributed by atoms with van der Waals surface area (Å²) in [5, 5.41) is 3.01. The van der Waals surface area contributed by atoms with Crippen LogP contribution in [0.4, 0.5) is 16.3 Å². The van der Waals surface area contributed by atoms with Gasteiger partial charge in [0, 0.05) is 38.2 Å². The molecule has 0 spiro atoms. The summed E-state index contributed by atoms with van der Waals surface area (Å²) in [4.78, 5) is 21.4. The van der Waals surface area contributed by atoms with Crippen molar-refractivity contribution in [2.24, 2.45) is 5.92 Å². The van der Waals surface area contributed by atoms with Crippen molar-refractivity contribution in [3.8, 4) is 0 Å². The third-order valence-electron chi connectivity index (χ3n) is 5.06. The lowest BCUT2D eigenvalue weighted by Gasteiger charge is -2.28. The van der Waals surface area contributed by atoms with Crippen molar-refractivity contribution in [3.05, 3.63) is 18.3 Å². The van der Waals surface area contributed by atoms with Gasteiger partial charge in [-0.1, -0.05) is 0 Å². The molecule has 3 heterocycles. The van der Waals surface area contributed by atoms with Gasteiger partial charge in [0.2, 0.25) is 0 Å². The summed E-state index contributed by atoms with van der Waals surface area (Å²) in [5.41, 5.74) is 0.746. The number of pyridine rings is 1. The quantitative estimate of drug-likeness (QED) is 0.883. The van der Waals surface area contributed by atoms with E-state index in [9.17, 15) is 4.79 Å². The average Bonchev–Trinajstić information content (AvgIpc) is 3.36. The fourth-order valence-corrected chi connectivity index (χ4v) is 3.42. The monoisotopic (exact) mass is 346 g/mol. The third kappa shape index (κ3) is 4.22. The Kier molecular flexibility index (Phi) is 5.03. The molecule has 0 aromatic carbocycles. The SMILES string of the molecule is O=C(Nc1ccc(N2CCOCC2)nc1)N(C[C@H]1CCOC1)C1CC1. The highest BCUT2D eigenvalue weighted by atomic mass is 16.5. The molecule has 2 aliphatic heterocycles. The van der Waals surface area contributed by atoms with Crippen LogP contribution >= 0.6 is 0 Å². The van der Waals surface area contributed by atoms with Gasteiger partial charge in [0.05, 0.1) is 31.7 Å². The molecule has 7 heteroatoms. The van der Waals surface area contributed by atoms with Gasteiger partial charge in [-0.15, -0.1) is 0 Å². The Balaban J connectivity index is 1.35. The number of morpholine rings is 1. The second kappa shape index (κ2) is 7.58. The van der Waals surface area contributed by atoms with E-state index in [1.54, 1.807) is 6.20 Å². The van der Waals surface area contributed by atoms with Gasteiger partial charge in [0.25, 0.3) is 0 Å². The van der Waals surface area contributed by atoms with E-state index >= 15 is 0 Å². The van der Waals surface area contributed by atoms with E-state index < -0.39 is 0 Å². The molecule has 3 aliphatic rings. The summed E-state index contributed by atoms with van der Waals surface area (Å²) in [6.45, 7) is 5.57. The van der Waals surface area contributed by atoms with Crippen LogP contribution in [0.25, 0.3) is 0 Å². The molecule has 3 fully saturated rings. The fraction of sp³-hybridized carbons (Fsp3) is 0.667. The first-order chi connectivity index (χ1) is 12.3. The second-order valence-corrected chi connectivity index (χ2v) is 7.05. The number of hydrogen-bond acceptors (Lipinski definition) is 5. The summed E-state index contributed by atoms with van der Waals surface area (Å²) >= 11 is 0. The number of ether oxygens (including phenoxy) is 2. The van der Waals surface area contributed by atoms with Gasteiger partial charge >= 0.3 is 6.03 Å². The minimum absolute atomic E-state index is 0.0182. The number of nitrogens with zero attached hydrogens (tertiary/aromatic N) is 3. The molecule has 1 aliphatic carbocycles. The zero-order chi connectivity index (χ0) is 17.1. The maximum atomic E-state index is 12.7. The van der Waals surface area contributed by atoms with Gasteiger partial charge in [0.1, 0.15) is 5.82 Å². The summed E-state index contributed by atoms with van der Waals surface area (Å²) in [7, 11) is 0. The predicted octanol–water partition coefficient (Wildman–Crippen LogP) is 1.95. The van der Waals surface area contributed by atoms with Crippen molar-refractivity contribution >= 4 is 17.5 Å². The third-order valence-corrected chi connectivity index (χ3v) is 5.06. The van der Waals surface area contributed by atoms with Crippen molar-refractivity contribution in [1.29, 1.82) is 0 Å². The van der Waals surface area contributed by atoms with Crippen LogP contribution in [-0.4, -0.2) is 68.0 Å². The maximum Gasteiger partial charge on any atom is 0.322 e. The largest absolute Gasteiger partial charge is 0.381 e. The molecule has 2 amide bonds. The Bertz CT molecular complexity index is 578. The Labute approximate surface area is 148 Å². The minimum atomic E-state index is -0.0182. The topological polar surface area (TPSA) is 66.9 Å². The van der Waals surface area contributed by atoms with E-state index in [2.05, 4.69) is 15.2 Å². The average molecular weight is 346 g/mol. The summed E-state index contributed by atoms with van der Waals surface area (Å²) < 4.78 is 10.8. The number of nitrogens with one attached hydrogen (secondary N) is 1. The zero-order valence-corrected chi connectivity index (χ0v) is 14.5. The number of carbonyl (C=O) groups excluding carboxylic acids is 1. The first-order valence-electron chi connectivity index (χ1n) is 9.24. The van der Waals surface area contributed by atoms with Gasteiger partial charge in [-0.3, -0.25) is 0 Å². The molecule has 1 aromatic rings. The van der Waals surface area contributed by atoms with Crippen LogP contribution in [-0.2, 0) is 9.47 Å².